The number of pyridine rings is 6. The zero-order chi connectivity index (χ0) is 61.7. The Labute approximate surface area is 599 Å². The minimum Gasteiger partial charge on any atom is -0.477 e. The summed E-state index contributed by atoms with van der Waals surface area (Å²) in [5.41, 5.74) is 14.1. The number of nitrogens with zero attached hydrogens (tertiary/aromatic N) is 6. The molecule has 6 aromatic heterocycles. The Balaban J connectivity index is 0.000000210. The van der Waals surface area contributed by atoms with Gasteiger partial charge in [0.05, 0.1) is 0 Å². The van der Waals surface area contributed by atoms with E-state index in [0.717, 1.165) is 51.8 Å². The standard InChI is InChI=1S/C18H19F2N2.3C18H20N.C6H5NO2.4Ir/c1-18(8-3-2-4-9-18)12-13-7-10-21-15(11-13)14-5-6-16(19)22-17(14)20;1-18(10-3-4-11-18)14-15-7-6-8-16(13-15)17-9-2-5-12-19-17;1-18(11-3-4-12-18)14-15-7-9-16(10-8-15)17-6-2-5-13-19-17;1-18(11-5-6-12-18)13-15-9-10-17(19-14-15)16-7-3-2-4-8-16;8-6(9)5-3-1-2-4-7-5;;;;/h6-7,10-11H,2-4,8-9,12H2,1H3;2,5-7,9,12-13H,3-4,10-11,14H2,1H3;2,5-9,13H,3-4,11-12,14H2,1H3;2-4,7,9-10,14H,5-6,11-13H2,1H3;1-4H,(H,8,9);;;;/q4*-1;;;;;. The van der Waals surface area contributed by atoms with E-state index < -0.39 is 17.9 Å². The van der Waals surface area contributed by atoms with Crippen molar-refractivity contribution in [3.63, 3.8) is 0 Å². The second-order valence-electron chi connectivity index (χ2n) is 26.1. The van der Waals surface area contributed by atoms with Crippen LogP contribution in [0.1, 0.15) is 170 Å². The first-order chi connectivity index (χ1) is 42.6. The van der Waals surface area contributed by atoms with E-state index in [-0.39, 0.29) is 91.7 Å². The molecule has 4 saturated carbocycles. The molecule has 0 amide bonds. The van der Waals surface area contributed by atoms with Crippen LogP contribution in [0, 0.1) is 57.8 Å². The summed E-state index contributed by atoms with van der Waals surface area (Å²) in [7, 11) is 0. The second kappa shape index (κ2) is 38.1. The summed E-state index contributed by atoms with van der Waals surface area (Å²) in [4.78, 5) is 34.5. The van der Waals surface area contributed by atoms with Gasteiger partial charge in [0.15, 0.2) is 0 Å². The summed E-state index contributed by atoms with van der Waals surface area (Å²) >= 11 is 0. The van der Waals surface area contributed by atoms with Gasteiger partial charge in [0, 0.05) is 111 Å². The van der Waals surface area contributed by atoms with Crippen LogP contribution in [0.25, 0.3) is 45.0 Å². The first kappa shape index (κ1) is 77.2. The van der Waals surface area contributed by atoms with Crippen LogP contribution < -0.4 is 0 Å². The number of carboxylic acid groups (broad SMARTS) is 1. The Morgan fingerprint density at radius 3 is 1.38 bits per heavy atom. The van der Waals surface area contributed by atoms with Gasteiger partial charge in [0.2, 0.25) is 0 Å². The Bertz CT molecular complexity index is 3470. The number of hydrogen-bond acceptors (Lipinski definition) is 7. The van der Waals surface area contributed by atoms with Crippen LogP contribution in [0.15, 0.2) is 177 Å². The van der Waals surface area contributed by atoms with Gasteiger partial charge >= 0.3 is 5.97 Å². The molecule has 0 bridgehead atoms. The summed E-state index contributed by atoms with van der Waals surface area (Å²) in [6.45, 7) is 9.58. The number of hydrogen-bond donors (Lipinski definition) is 1. The van der Waals surface area contributed by atoms with E-state index in [0.29, 0.717) is 27.4 Å². The van der Waals surface area contributed by atoms with Crippen molar-refractivity contribution in [2.45, 2.75) is 163 Å². The Kier molecular flexibility index (Phi) is 32.0. The Morgan fingerprint density at radius 2 is 0.902 bits per heavy atom. The van der Waals surface area contributed by atoms with Crippen molar-refractivity contribution in [3.8, 4) is 45.0 Å². The van der Waals surface area contributed by atoms with Crippen molar-refractivity contribution in [2.24, 2.45) is 21.7 Å². The molecule has 4 fully saturated rings. The number of carboxylic acids is 1. The van der Waals surface area contributed by atoms with Gasteiger partial charge in [-0.1, -0.05) is 158 Å². The van der Waals surface area contributed by atoms with Crippen molar-refractivity contribution in [3.05, 3.63) is 241 Å². The van der Waals surface area contributed by atoms with Gasteiger partial charge in [0.1, 0.15) is 17.6 Å². The largest absolute Gasteiger partial charge is 0.477 e. The normalized spacial score (nSPS) is 15.9. The van der Waals surface area contributed by atoms with E-state index in [1.807, 2.05) is 91.4 Å². The van der Waals surface area contributed by atoms with Gasteiger partial charge in [-0.05, 0) is 151 Å². The van der Waals surface area contributed by atoms with Crippen molar-refractivity contribution in [1.29, 1.82) is 0 Å². The Hall–Kier alpha value is -5.51. The average molecular weight is 1940 g/mol. The molecule has 4 aliphatic rings. The third kappa shape index (κ3) is 24.0. The molecule has 92 heavy (non-hydrogen) atoms. The topological polar surface area (TPSA) is 115 Å². The van der Waals surface area contributed by atoms with Crippen LogP contribution in [0.4, 0.5) is 8.78 Å². The first-order valence-corrected chi connectivity index (χ1v) is 31.7. The zero-order valence-corrected chi connectivity index (χ0v) is 62.8. The van der Waals surface area contributed by atoms with Gasteiger partial charge in [0.25, 0.3) is 0 Å². The minimum atomic E-state index is -0.990. The minimum absolute atomic E-state index is 0. The molecule has 4 aliphatic carbocycles. The number of aromatic nitrogens is 6. The molecule has 0 spiro atoms. The van der Waals surface area contributed by atoms with E-state index in [4.69, 9.17) is 5.11 Å². The quantitative estimate of drug-likeness (QED) is 0.0897. The fraction of sp³-hybridized carbons (Fsp3) is 0.372. The predicted molar refractivity (Wildman–Crippen MR) is 349 cm³/mol. The number of aromatic carboxylic acids is 1. The van der Waals surface area contributed by atoms with E-state index in [9.17, 15) is 13.6 Å². The van der Waals surface area contributed by atoms with Gasteiger partial charge in [-0.2, -0.15) is 0 Å². The van der Waals surface area contributed by atoms with Crippen LogP contribution in [-0.4, -0.2) is 41.0 Å². The molecule has 492 valence electrons. The summed E-state index contributed by atoms with van der Waals surface area (Å²) in [6.07, 6.45) is 36.2. The summed E-state index contributed by atoms with van der Waals surface area (Å²) < 4.78 is 26.7. The molecular formula is C78H84F2Ir4N6O2-4. The molecule has 0 atom stereocenters. The van der Waals surface area contributed by atoms with Crippen molar-refractivity contribution >= 4 is 5.97 Å². The third-order valence-electron chi connectivity index (χ3n) is 18.2. The summed E-state index contributed by atoms with van der Waals surface area (Å²) in [5.74, 6) is -2.73. The van der Waals surface area contributed by atoms with Gasteiger partial charge in [-0.3, -0.25) is 4.98 Å². The fourth-order valence-electron chi connectivity index (χ4n) is 13.3. The second-order valence-corrected chi connectivity index (χ2v) is 26.1. The maximum absolute atomic E-state index is 13.8. The fourth-order valence-corrected chi connectivity index (χ4v) is 13.3. The van der Waals surface area contributed by atoms with Crippen molar-refractivity contribution < 1.29 is 99.1 Å². The zero-order valence-electron chi connectivity index (χ0n) is 53.2. The molecule has 3 aromatic carbocycles. The molecule has 6 heterocycles. The number of rotatable bonds is 13. The van der Waals surface area contributed by atoms with Gasteiger partial charge in [-0.25, -0.2) is 18.6 Å². The van der Waals surface area contributed by atoms with Crippen LogP contribution in [0.2, 0.25) is 0 Å². The monoisotopic (exact) mass is 1950 g/mol. The molecule has 0 saturated heterocycles. The maximum atomic E-state index is 13.8. The predicted octanol–water partition coefficient (Wildman–Crippen LogP) is 19.5. The van der Waals surface area contributed by atoms with Crippen LogP contribution in [-0.2, 0) is 106 Å². The van der Waals surface area contributed by atoms with Crippen LogP contribution in [0.3, 0.4) is 0 Å². The van der Waals surface area contributed by atoms with Crippen LogP contribution >= 0.6 is 0 Å². The van der Waals surface area contributed by atoms with Gasteiger partial charge in [-0.15, -0.1) is 113 Å². The van der Waals surface area contributed by atoms with E-state index in [2.05, 4.69) is 130 Å². The molecule has 4 radical (unpaired) electrons. The number of benzene rings is 3. The molecule has 8 nitrogen and oxygen atoms in total. The molecule has 0 aliphatic heterocycles. The smallest absolute Gasteiger partial charge is 0.354 e. The van der Waals surface area contributed by atoms with Crippen molar-refractivity contribution in [1.82, 2.24) is 29.9 Å². The van der Waals surface area contributed by atoms with E-state index in [1.165, 1.54) is 157 Å². The number of carbonyl (C=O) groups is 1. The summed E-state index contributed by atoms with van der Waals surface area (Å²) in [6, 6.07) is 59.5. The molecule has 9 aromatic rings. The van der Waals surface area contributed by atoms with Gasteiger partial charge < -0.3 is 25.0 Å². The van der Waals surface area contributed by atoms with Crippen LogP contribution in [0.5, 0.6) is 0 Å². The van der Waals surface area contributed by atoms with E-state index >= 15 is 0 Å². The molecular weight excluding hydrogens is 1860 g/mol. The SMILES string of the molecule is CC1(Cc2c[c-]c(-c3ccccn3)cc2)CCCC1.CC1(Cc2cc[c-]c(-c3ccccn3)c2)CCCC1.CC1(Cc2ccc(-c3[c-]cccc3)nc2)CCCC1.CC1(Cc2ccnc(-c3[c-]cc(F)nc3F)c2)CCCCC1.O=C(O)c1ccccn1.[Ir].[Ir].[Ir].[Ir]. The molecule has 14 heteroatoms. The molecule has 1 N–H and O–H groups in total. The molecule has 13 rings (SSSR count). The van der Waals surface area contributed by atoms with E-state index in [1.54, 1.807) is 18.3 Å². The Morgan fingerprint density at radius 1 is 0.424 bits per heavy atom. The third-order valence-corrected chi connectivity index (χ3v) is 18.2. The average Bonchev–Trinajstić information content (AvgIpc) is 2.19. The summed E-state index contributed by atoms with van der Waals surface area (Å²) in [5, 5.41) is 8.32. The molecule has 0 unspecified atom stereocenters. The maximum Gasteiger partial charge on any atom is 0.354 e. The first-order valence-electron chi connectivity index (χ1n) is 31.7. The van der Waals surface area contributed by atoms with Crippen molar-refractivity contribution in [2.75, 3.05) is 0 Å². The number of halogens is 2.